The number of aromatic nitrogens is 4. The Kier molecular flexibility index (Phi) is 3.79. The number of fused-ring (bicyclic) bond motifs is 1. The Morgan fingerprint density at radius 3 is 2.76 bits per heavy atom. The van der Waals surface area contributed by atoms with E-state index >= 15 is 0 Å². The molecular formula is C16H13F3N5O. The van der Waals surface area contributed by atoms with Gasteiger partial charge in [-0.3, -0.25) is 0 Å². The van der Waals surface area contributed by atoms with Gasteiger partial charge in [0.1, 0.15) is 17.0 Å². The lowest BCUT2D eigenvalue weighted by Gasteiger charge is -2.27. The molecule has 0 saturated carbocycles. The molecule has 1 N–H and O–H groups in total. The van der Waals surface area contributed by atoms with Crippen LogP contribution in [0.4, 0.5) is 19.0 Å². The van der Waals surface area contributed by atoms with Crippen molar-refractivity contribution in [2.75, 3.05) is 31.2 Å². The molecule has 3 aromatic rings. The molecule has 4 heterocycles. The Morgan fingerprint density at radius 2 is 2.00 bits per heavy atom. The molecule has 4 rings (SSSR count). The van der Waals surface area contributed by atoms with Gasteiger partial charge in [-0.05, 0) is 12.1 Å². The van der Waals surface area contributed by atoms with Crippen LogP contribution in [-0.2, 0) is 10.9 Å². The van der Waals surface area contributed by atoms with E-state index in [1.54, 1.807) is 12.1 Å². The number of halogens is 3. The average Bonchev–Trinajstić information content (AvgIpc) is 3.05. The molecule has 1 fully saturated rings. The van der Waals surface area contributed by atoms with Crippen molar-refractivity contribution in [2.45, 2.75) is 6.18 Å². The number of morpholine rings is 1. The highest BCUT2D eigenvalue weighted by Gasteiger charge is 2.35. The predicted molar refractivity (Wildman–Crippen MR) is 84.0 cm³/mol. The molecule has 9 heteroatoms. The molecule has 1 aliphatic heterocycles. The molecule has 0 aliphatic carbocycles. The Labute approximate surface area is 140 Å². The minimum absolute atomic E-state index is 0.213. The van der Waals surface area contributed by atoms with Crippen molar-refractivity contribution < 1.29 is 17.9 Å². The van der Waals surface area contributed by atoms with Crippen LogP contribution in [0.5, 0.6) is 0 Å². The number of nitrogens with one attached hydrogen (secondary N) is 1. The standard InChI is InChI=1S/C16H13F3N5O/c17-16(18,19)12-8-20-9-22-14(12)11-7-21-15-10(11)1-2-13(23-15)24-3-5-25-6-4-24/h1-2,7-8H,3-6H2,(H,21,23). The number of rotatable bonds is 2. The molecule has 0 aromatic carbocycles. The lowest BCUT2D eigenvalue weighted by molar-refractivity contribution is -0.137. The highest BCUT2D eigenvalue weighted by atomic mass is 19.4. The van der Waals surface area contributed by atoms with E-state index in [0.717, 1.165) is 25.1 Å². The second-order valence-electron chi connectivity index (χ2n) is 5.60. The minimum atomic E-state index is -4.55. The fourth-order valence-corrected chi connectivity index (χ4v) is 2.87. The van der Waals surface area contributed by atoms with Crippen LogP contribution in [0.25, 0.3) is 22.3 Å². The van der Waals surface area contributed by atoms with Crippen molar-refractivity contribution in [3.63, 3.8) is 0 Å². The molecule has 1 radical (unpaired) electrons. The highest BCUT2D eigenvalue weighted by molar-refractivity contribution is 5.94. The van der Waals surface area contributed by atoms with Crippen molar-refractivity contribution in [1.29, 1.82) is 0 Å². The summed E-state index contributed by atoms with van der Waals surface area (Å²) in [5, 5.41) is 0.564. The van der Waals surface area contributed by atoms with Gasteiger partial charge in [-0.2, -0.15) is 13.2 Å². The molecule has 0 bridgehead atoms. The Hall–Kier alpha value is -2.68. The van der Waals surface area contributed by atoms with Crippen LogP contribution >= 0.6 is 0 Å². The number of nitrogens with zero attached hydrogens (tertiary/aromatic N) is 4. The first-order valence-electron chi connectivity index (χ1n) is 7.65. The molecule has 6 nitrogen and oxygen atoms in total. The number of alkyl halides is 3. The zero-order valence-electron chi connectivity index (χ0n) is 13.0. The molecular weight excluding hydrogens is 335 g/mol. The molecule has 3 aromatic heterocycles. The van der Waals surface area contributed by atoms with Gasteiger partial charge < -0.3 is 14.6 Å². The van der Waals surface area contributed by atoms with Crippen molar-refractivity contribution in [3.8, 4) is 11.3 Å². The third-order valence-electron chi connectivity index (χ3n) is 4.09. The van der Waals surface area contributed by atoms with E-state index in [4.69, 9.17) is 4.74 Å². The first-order valence-corrected chi connectivity index (χ1v) is 7.65. The number of H-pyrrole nitrogens is 1. The zero-order valence-corrected chi connectivity index (χ0v) is 13.0. The molecule has 0 unspecified atom stereocenters. The number of pyridine rings is 1. The normalized spacial score (nSPS) is 15.7. The zero-order chi connectivity index (χ0) is 17.4. The lowest BCUT2D eigenvalue weighted by Crippen LogP contribution is -2.36. The summed E-state index contributed by atoms with van der Waals surface area (Å²) < 4.78 is 44.9. The molecule has 1 saturated heterocycles. The fourth-order valence-electron chi connectivity index (χ4n) is 2.87. The van der Waals surface area contributed by atoms with Crippen LogP contribution in [0.3, 0.4) is 0 Å². The second-order valence-corrected chi connectivity index (χ2v) is 5.60. The van der Waals surface area contributed by atoms with Crippen LogP contribution in [0.2, 0.25) is 0 Å². The van der Waals surface area contributed by atoms with E-state index in [0.29, 0.717) is 29.8 Å². The van der Waals surface area contributed by atoms with Crippen LogP contribution in [-0.4, -0.2) is 46.2 Å². The molecule has 0 spiro atoms. The third-order valence-corrected chi connectivity index (χ3v) is 4.09. The Bertz CT molecular complexity index is 902. The summed E-state index contributed by atoms with van der Waals surface area (Å²) in [4.78, 5) is 16.6. The predicted octanol–water partition coefficient (Wildman–Crippen LogP) is 2.68. The van der Waals surface area contributed by atoms with Gasteiger partial charge in [0, 0.05) is 36.4 Å². The minimum Gasteiger partial charge on any atom is -0.378 e. The first-order chi connectivity index (χ1) is 12.0. The monoisotopic (exact) mass is 348 g/mol. The summed E-state index contributed by atoms with van der Waals surface area (Å²) in [6.07, 6.45) is -0.102. The van der Waals surface area contributed by atoms with Crippen LogP contribution < -0.4 is 4.90 Å². The van der Waals surface area contributed by atoms with Crippen LogP contribution in [0.1, 0.15) is 5.56 Å². The van der Waals surface area contributed by atoms with Gasteiger partial charge in [0.05, 0.1) is 18.9 Å². The largest absolute Gasteiger partial charge is 0.419 e. The quantitative estimate of drug-likeness (QED) is 0.771. The summed E-state index contributed by atoms with van der Waals surface area (Å²) in [7, 11) is 0. The maximum absolute atomic E-state index is 13.2. The van der Waals surface area contributed by atoms with E-state index in [1.165, 1.54) is 6.20 Å². The molecule has 25 heavy (non-hydrogen) atoms. The van der Waals surface area contributed by atoms with Gasteiger partial charge >= 0.3 is 6.18 Å². The van der Waals surface area contributed by atoms with Crippen molar-refractivity contribution >= 4 is 16.9 Å². The maximum Gasteiger partial charge on any atom is 0.419 e. The smallest absolute Gasteiger partial charge is 0.378 e. The van der Waals surface area contributed by atoms with Crippen molar-refractivity contribution in [2.24, 2.45) is 0 Å². The molecule has 0 atom stereocenters. The van der Waals surface area contributed by atoms with Crippen molar-refractivity contribution in [1.82, 2.24) is 19.9 Å². The summed E-state index contributed by atoms with van der Waals surface area (Å²) in [5.74, 6) is 0.759. The number of aromatic amines is 1. The second kappa shape index (κ2) is 5.99. The van der Waals surface area contributed by atoms with Gasteiger partial charge in [0.15, 0.2) is 6.33 Å². The maximum atomic E-state index is 13.2. The van der Waals surface area contributed by atoms with Gasteiger partial charge in [0.2, 0.25) is 0 Å². The molecule has 0 amide bonds. The van der Waals surface area contributed by atoms with E-state index in [9.17, 15) is 13.2 Å². The van der Waals surface area contributed by atoms with Crippen LogP contribution in [0, 0.1) is 6.33 Å². The average molecular weight is 348 g/mol. The number of ether oxygens (including phenoxy) is 1. The molecule has 1 aliphatic rings. The lowest BCUT2D eigenvalue weighted by atomic mass is 10.1. The third kappa shape index (κ3) is 2.91. The summed E-state index contributed by atoms with van der Waals surface area (Å²) in [6.45, 7) is 2.71. The number of anilines is 1. The van der Waals surface area contributed by atoms with Gasteiger partial charge in [-0.15, -0.1) is 0 Å². The van der Waals surface area contributed by atoms with Gasteiger partial charge in [-0.1, -0.05) is 0 Å². The highest BCUT2D eigenvalue weighted by Crippen LogP contribution is 2.37. The first kappa shape index (κ1) is 15.8. The molecule has 129 valence electrons. The van der Waals surface area contributed by atoms with Crippen molar-refractivity contribution in [3.05, 3.63) is 36.4 Å². The summed E-state index contributed by atoms with van der Waals surface area (Å²) >= 11 is 0. The Balaban J connectivity index is 1.78. The van der Waals surface area contributed by atoms with E-state index in [2.05, 4.69) is 31.2 Å². The number of hydrogen-bond acceptors (Lipinski definition) is 5. The Morgan fingerprint density at radius 1 is 1.20 bits per heavy atom. The fraction of sp³-hybridized carbons (Fsp3) is 0.312. The SMILES string of the molecule is FC(F)(F)c1cn[c]nc1-c1c[nH]c2nc(N3CCOCC3)ccc12. The van der Waals surface area contributed by atoms with Gasteiger partial charge in [0.25, 0.3) is 0 Å². The summed E-state index contributed by atoms with van der Waals surface area (Å²) in [5.41, 5.74) is -0.285. The van der Waals surface area contributed by atoms with E-state index < -0.39 is 11.7 Å². The topological polar surface area (TPSA) is 66.9 Å². The van der Waals surface area contributed by atoms with Crippen LogP contribution in [0.15, 0.2) is 24.5 Å². The van der Waals surface area contributed by atoms with E-state index in [-0.39, 0.29) is 5.69 Å². The summed E-state index contributed by atoms with van der Waals surface area (Å²) in [6, 6.07) is 3.55. The van der Waals surface area contributed by atoms with E-state index in [1.807, 2.05) is 0 Å². The van der Waals surface area contributed by atoms with Gasteiger partial charge in [-0.25, -0.2) is 15.0 Å². The number of hydrogen-bond donors (Lipinski definition) is 1.